The minimum Gasteiger partial charge on any atom is -0.352 e. The summed E-state index contributed by atoms with van der Waals surface area (Å²) in [6.07, 6.45) is 0.699. The van der Waals surface area contributed by atoms with E-state index in [9.17, 15) is 14.9 Å². The molecule has 6 heteroatoms. The molecule has 1 atom stereocenters. The number of hydrogen-bond donors (Lipinski definition) is 2. The zero-order valence-electron chi connectivity index (χ0n) is 12.8. The Bertz CT molecular complexity index is 509. The van der Waals surface area contributed by atoms with Crippen LogP contribution in [0.3, 0.4) is 0 Å². The van der Waals surface area contributed by atoms with Crippen LogP contribution in [0.25, 0.3) is 0 Å². The molecule has 1 aromatic carbocycles. The van der Waals surface area contributed by atoms with E-state index < -0.39 is 4.92 Å². The third-order valence-corrected chi connectivity index (χ3v) is 3.10. The van der Waals surface area contributed by atoms with Crippen LogP contribution in [-0.2, 0) is 11.3 Å². The molecule has 3 N–H and O–H groups in total. The number of nitrogens with two attached hydrogens (primary N) is 1. The summed E-state index contributed by atoms with van der Waals surface area (Å²) in [5.41, 5.74) is 6.40. The highest BCUT2D eigenvalue weighted by Gasteiger charge is 2.23. The molecule has 0 heterocycles. The van der Waals surface area contributed by atoms with Gasteiger partial charge in [0.25, 0.3) is 5.69 Å². The highest BCUT2D eigenvalue weighted by atomic mass is 16.6. The number of non-ortho nitro benzene ring substituents is 1. The maximum absolute atomic E-state index is 12.1. The predicted molar refractivity (Wildman–Crippen MR) is 81.6 cm³/mol. The number of hydrogen-bond acceptors (Lipinski definition) is 4. The van der Waals surface area contributed by atoms with Gasteiger partial charge in [0.15, 0.2) is 0 Å². The Kier molecular flexibility index (Phi) is 5.84. The molecule has 0 spiro atoms. The SMILES string of the molecule is CC(C)(C)CC(CN)C(=O)NCc1cccc([N+](=O)[O-])c1. The summed E-state index contributed by atoms with van der Waals surface area (Å²) in [5.74, 6) is -0.359. The van der Waals surface area contributed by atoms with Crippen LogP contribution in [0.1, 0.15) is 32.8 Å². The quantitative estimate of drug-likeness (QED) is 0.620. The van der Waals surface area contributed by atoms with E-state index in [1.807, 2.05) is 0 Å². The van der Waals surface area contributed by atoms with Crippen LogP contribution in [-0.4, -0.2) is 17.4 Å². The molecule has 21 heavy (non-hydrogen) atoms. The molecule has 0 radical (unpaired) electrons. The molecule has 0 bridgehead atoms. The molecule has 0 aliphatic heterocycles. The minimum atomic E-state index is -0.451. The molecular weight excluding hydrogens is 270 g/mol. The van der Waals surface area contributed by atoms with Gasteiger partial charge in [0, 0.05) is 25.2 Å². The van der Waals surface area contributed by atoms with Crippen molar-refractivity contribution in [1.29, 1.82) is 0 Å². The van der Waals surface area contributed by atoms with E-state index in [0.29, 0.717) is 12.0 Å². The van der Waals surface area contributed by atoms with Gasteiger partial charge in [0.1, 0.15) is 0 Å². The molecule has 0 aromatic heterocycles. The first-order valence-corrected chi connectivity index (χ1v) is 6.94. The molecule has 0 aliphatic rings. The summed E-state index contributed by atoms with van der Waals surface area (Å²) < 4.78 is 0. The van der Waals surface area contributed by atoms with Crippen molar-refractivity contribution in [1.82, 2.24) is 5.32 Å². The molecule has 1 unspecified atom stereocenters. The van der Waals surface area contributed by atoms with E-state index >= 15 is 0 Å². The molecule has 0 saturated heterocycles. The lowest BCUT2D eigenvalue weighted by molar-refractivity contribution is -0.384. The largest absolute Gasteiger partial charge is 0.352 e. The van der Waals surface area contributed by atoms with Crippen LogP contribution in [0.2, 0.25) is 0 Å². The van der Waals surface area contributed by atoms with Crippen LogP contribution in [0.5, 0.6) is 0 Å². The van der Waals surface area contributed by atoms with Crippen molar-refractivity contribution in [2.24, 2.45) is 17.1 Å². The van der Waals surface area contributed by atoms with E-state index in [2.05, 4.69) is 26.1 Å². The first kappa shape index (κ1) is 17.1. The second-order valence-corrected chi connectivity index (χ2v) is 6.34. The van der Waals surface area contributed by atoms with Gasteiger partial charge in [-0.05, 0) is 17.4 Å². The fourth-order valence-electron chi connectivity index (χ4n) is 2.14. The summed E-state index contributed by atoms with van der Waals surface area (Å²) in [4.78, 5) is 22.4. The van der Waals surface area contributed by atoms with E-state index in [-0.39, 0.29) is 36.0 Å². The third-order valence-electron chi connectivity index (χ3n) is 3.10. The summed E-state index contributed by atoms with van der Waals surface area (Å²) in [5, 5.41) is 13.5. The van der Waals surface area contributed by atoms with E-state index in [1.165, 1.54) is 12.1 Å². The van der Waals surface area contributed by atoms with Crippen molar-refractivity contribution in [3.8, 4) is 0 Å². The van der Waals surface area contributed by atoms with Crippen molar-refractivity contribution in [2.45, 2.75) is 33.7 Å². The lowest BCUT2D eigenvalue weighted by Gasteiger charge is -2.24. The van der Waals surface area contributed by atoms with E-state index in [1.54, 1.807) is 12.1 Å². The minimum absolute atomic E-state index is 0.0202. The molecule has 116 valence electrons. The van der Waals surface area contributed by atoms with Gasteiger partial charge in [-0.1, -0.05) is 32.9 Å². The van der Waals surface area contributed by atoms with Crippen LogP contribution < -0.4 is 11.1 Å². The average Bonchev–Trinajstić information content (AvgIpc) is 2.41. The number of nitro benzene ring substituents is 1. The Morgan fingerprint density at radius 3 is 2.62 bits per heavy atom. The number of benzene rings is 1. The Hall–Kier alpha value is -1.95. The lowest BCUT2D eigenvalue weighted by atomic mass is 9.84. The fraction of sp³-hybridized carbons (Fsp3) is 0.533. The zero-order chi connectivity index (χ0) is 16.0. The standard InChI is InChI=1S/C15H23N3O3/c1-15(2,3)8-12(9-16)14(19)17-10-11-5-4-6-13(7-11)18(20)21/h4-7,12H,8-10,16H2,1-3H3,(H,17,19). The van der Waals surface area contributed by atoms with Gasteiger partial charge >= 0.3 is 0 Å². The molecular formula is C15H23N3O3. The Labute approximate surface area is 124 Å². The third kappa shape index (κ3) is 5.91. The van der Waals surface area contributed by atoms with Crippen molar-refractivity contribution in [3.63, 3.8) is 0 Å². The number of carbonyl (C=O) groups is 1. The predicted octanol–water partition coefficient (Wildman–Crippen LogP) is 2.22. The fourth-order valence-corrected chi connectivity index (χ4v) is 2.14. The molecule has 1 amide bonds. The maximum Gasteiger partial charge on any atom is 0.269 e. The Balaban J connectivity index is 2.63. The molecule has 6 nitrogen and oxygen atoms in total. The van der Waals surface area contributed by atoms with Crippen molar-refractivity contribution < 1.29 is 9.72 Å². The van der Waals surface area contributed by atoms with Crippen molar-refractivity contribution >= 4 is 11.6 Å². The highest BCUT2D eigenvalue weighted by molar-refractivity contribution is 5.78. The molecule has 0 fully saturated rings. The van der Waals surface area contributed by atoms with Gasteiger partial charge in [-0.15, -0.1) is 0 Å². The van der Waals surface area contributed by atoms with Crippen LogP contribution in [0.15, 0.2) is 24.3 Å². The summed E-state index contributed by atoms with van der Waals surface area (Å²) in [6.45, 7) is 6.73. The molecule has 0 saturated carbocycles. The summed E-state index contributed by atoms with van der Waals surface area (Å²) in [6, 6.07) is 6.23. The van der Waals surface area contributed by atoms with Crippen molar-refractivity contribution in [2.75, 3.05) is 6.54 Å². The van der Waals surface area contributed by atoms with Gasteiger partial charge in [-0.25, -0.2) is 0 Å². The Morgan fingerprint density at radius 2 is 2.10 bits per heavy atom. The first-order chi connectivity index (χ1) is 9.73. The number of nitrogens with zero attached hydrogens (tertiary/aromatic N) is 1. The second kappa shape index (κ2) is 7.17. The molecule has 1 rings (SSSR count). The topological polar surface area (TPSA) is 98.3 Å². The van der Waals surface area contributed by atoms with Crippen molar-refractivity contribution in [3.05, 3.63) is 39.9 Å². The van der Waals surface area contributed by atoms with Gasteiger partial charge in [-0.2, -0.15) is 0 Å². The average molecular weight is 293 g/mol. The van der Waals surface area contributed by atoms with Gasteiger partial charge < -0.3 is 11.1 Å². The van der Waals surface area contributed by atoms with Gasteiger partial charge in [0.2, 0.25) is 5.91 Å². The second-order valence-electron chi connectivity index (χ2n) is 6.34. The number of nitrogens with one attached hydrogen (secondary N) is 1. The smallest absolute Gasteiger partial charge is 0.269 e. The lowest BCUT2D eigenvalue weighted by Crippen LogP contribution is -2.36. The monoisotopic (exact) mass is 293 g/mol. The van der Waals surface area contributed by atoms with Crippen LogP contribution >= 0.6 is 0 Å². The van der Waals surface area contributed by atoms with Gasteiger partial charge in [0.05, 0.1) is 10.8 Å². The maximum atomic E-state index is 12.1. The van der Waals surface area contributed by atoms with Gasteiger partial charge in [-0.3, -0.25) is 14.9 Å². The van der Waals surface area contributed by atoms with E-state index in [4.69, 9.17) is 5.73 Å². The number of nitro groups is 1. The van der Waals surface area contributed by atoms with Crippen LogP contribution in [0, 0.1) is 21.4 Å². The number of amides is 1. The number of carbonyl (C=O) groups excluding carboxylic acids is 1. The molecule has 1 aromatic rings. The Morgan fingerprint density at radius 1 is 1.43 bits per heavy atom. The zero-order valence-corrected chi connectivity index (χ0v) is 12.8. The number of rotatable bonds is 6. The van der Waals surface area contributed by atoms with E-state index in [0.717, 1.165) is 0 Å². The first-order valence-electron chi connectivity index (χ1n) is 6.94. The highest BCUT2D eigenvalue weighted by Crippen LogP contribution is 2.24. The van der Waals surface area contributed by atoms with Crippen LogP contribution in [0.4, 0.5) is 5.69 Å². The summed E-state index contributed by atoms with van der Waals surface area (Å²) in [7, 11) is 0. The molecule has 0 aliphatic carbocycles. The normalized spacial score (nSPS) is 12.8. The summed E-state index contributed by atoms with van der Waals surface area (Å²) >= 11 is 0.